The zero-order chi connectivity index (χ0) is 9.72. The van der Waals surface area contributed by atoms with Gasteiger partial charge in [0.1, 0.15) is 0 Å². The fraction of sp³-hybridized carbons (Fsp3) is 0.800. The molecule has 0 amide bonds. The highest BCUT2D eigenvalue weighted by Gasteiger charge is 2.07. The standard InChI is InChI=1S/C10H20O2/c1-7(2)9(11)5-6-10(12)8(3)4/h5-12H,1-4H3/b6-5-/t9-,10-/m1/s1. The maximum atomic E-state index is 9.36. The van der Waals surface area contributed by atoms with Crippen LogP contribution in [0.15, 0.2) is 12.2 Å². The van der Waals surface area contributed by atoms with Crippen LogP contribution in [0.3, 0.4) is 0 Å². The normalized spacial score (nSPS) is 17.7. The van der Waals surface area contributed by atoms with E-state index in [1.807, 2.05) is 27.7 Å². The highest BCUT2D eigenvalue weighted by atomic mass is 16.3. The van der Waals surface area contributed by atoms with Gasteiger partial charge in [-0.05, 0) is 11.8 Å². The Labute approximate surface area is 74.9 Å². The van der Waals surface area contributed by atoms with E-state index in [9.17, 15) is 10.2 Å². The van der Waals surface area contributed by atoms with Gasteiger partial charge in [0.15, 0.2) is 0 Å². The van der Waals surface area contributed by atoms with Crippen LogP contribution < -0.4 is 0 Å². The van der Waals surface area contributed by atoms with E-state index in [1.54, 1.807) is 12.2 Å². The monoisotopic (exact) mass is 172 g/mol. The Morgan fingerprint density at radius 1 is 0.750 bits per heavy atom. The second-order valence-corrected chi connectivity index (χ2v) is 3.85. The first-order chi connectivity index (χ1) is 5.45. The van der Waals surface area contributed by atoms with Gasteiger partial charge in [0.2, 0.25) is 0 Å². The maximum Gasteiger partial charge on any atom is 0.0744 e. The van der Waals surface area contributed by atoms with Crippen molar-refractivity contribution in [3.05, 3.63) is 12.2 Å². The molecule has 0 rings (SSSR count). The zero-order valence-corrected chi connectivity index (χ0v) is 8.36. The average Bonchev–Trinajstić information content (AvgIpc) is 1.98. The molecule has 0 fully saturated rings. The summed E-state index contributed by atoms with van der Waals surface area (Å²) >= 11 is 0. The molecular weight excluding hydrogens is 152 g/mol. The lowest BCUT2D eigenvalue weighted by molar-refractivity contribution is 0.156. The van der Waals surface area contributed by atoms with Crippen LogP contribution in [-0.2, 0) is 0 Å². The van der Waals surface area contributed by atoms with Crippen molar-refractivity contribution in [2.75, 3.05) is 0 Å². The number of rotatable bonds is 4. The van der Waals surface area contributed by atoms with E-state index >= 15 is 0 Å². The Kier molecular flexibility index (Phi) is 5.18. The third-order valence-corrected chi connectivity index (χ3v) is 1.87. The fourth-order valence-electron chi connectivity index (χ4n) is 0.672. The van der Waals surface area contributed by atoms with E-state index in [2.05, 4.69) is 0 Å². The van der Waals surface area contributed by atoms with Crippen LogP contribution in [0.4, 0.5) is 0 Å². The summed E-state index contributed by atoms with van der Waals surface area (Å²) in [6.45, 7) is 7.76. The van der Waals surface area contributed by atoms with Gasteiger partial charge in [-0.1, -0.05) is 39.8 Å². The molecule has 0 aliphatic rings. The molecule has 0 saturated heterocycles. The highest BCUT2D eigenvalue weighted by Crippen LogP contribution is 2.06. The minimum atomic E-state index is -0.446. The molecule has 2 heteroatoms. The molecule has 72 valence electrons. The molecule has 0 aromatic carbocycles. The molecule has 0 aliphatic heterocycles. The minimum absolute atomic E-state index is 0.209. The van der Waals surface area contributed by atoms with Crippen molar-refractivity contribution >= 4 is 0 Å². The van der Waals surface area contributed by atoms with Crippen molar-refractivity contribution in [1.82, 2.24) is 0 Å². The second-order valence-electron chi connectivity index (χ2n) is 3.85. The number of aliphatic hydroxyl groups excluding tert-OH is 2. The lowest BCUT2D eigenvalue weighted by atomic mass is 10.0. The first-order valence-corrected chi connectivity index (χ1v) is 4.49. The molecule has 0 bridgehead atoms. The van der Waals surface area contributed by atoms with Gasteiger partial charge in [0, 0.05) is 0 Å². The van der Waals surface area contributed by atoms with Gasteiger partial charge >= 0.3 is 0 Å². The summed E-state index contributed by atoms with van der Waals surface area (Å²) in [7, 11) is 0. The first-order valence-electron chi connectivity index (χ1n) is 4.49. The van der Waals surface area contributed by atoms with Crippen LogP contribution in [0.25, 0.3) is 0 Å². The van der Waals surface area contributed by atoms with E-state index in [4.69, 9.17) is 0 Å². The molecule has 2 atom stereocenters. The molecule has 12 heavy (non-hydrogen) atoms. The molecule has 0 heterocycles. The molecule has 0 aromatic rings. The topological polar surface area (TPSA) is 40.5 Å². The van der Waals surface area contributed by atoms with E-state index < -0.39 is 12.2 Å². The molecule has 0 spiro atoms. The van der Waals surface area contributed by atoms with Crippen LogP contribution in [0.1, 0.15) is 27.7 Å². The Morgan fingerprint density at radius 3 is 1.17 bits per heavy atom. The lowest BCUT2D eigenvalue weighted by Gasteiger charge is -2.12. The van der Waals surface area contributed by atoms with Gasteiger partial charge in [0.05, 0.1) is 12.2 Å². The molecule has 2 nitrogen and oxygen atoms in total. The van der Waals surface area contributed by atoms with Crippen molar-refractivity contribution in [3.8, 4) is 0 Å². The average molecular weight is 172 g/mol. The highest BCUT2D eigenvalue weighted by molar-refractivity contribution is 4.95. The maximum absolute atomic E-state index is 9.36. The van der Waals surface area contributed by atoms with Gasteiger partial charge in [-0.25, -0.2) is 0 Å². The van der Waals surface area contributed by atoms with Crippen molar-refractivity contribution < 1.29 is 10.2 Å². The lowest BCUT2D eigenvalue weighted by Crippen LogP contribution is -2.15. The molecule has 0 unspecified atom stereocenters. The van der Waals surface area contributed by atoms with Gasteiger partial charge in [-0.15, -0.1) is 0 Å². The quantitative estimate of drug-likeness (QED) is 0.632. The van der Waals surface area contributed by atoms with E-state index in [-0.39, 0.29) is 11.8 Å². The van der Waals surface area contributed by atoms with Crippen LogP contribution in [0, 0.1) is 11.8 Å². The molecular formula is C10H20O2. The summed E-state index contributed by atoms with van der Waals surface area (Å²) < 4.78 is 0. The summed E-state index contributed by atoms with van der Waals surface area (Å²) in [6, 6.07) is 0. The van der Waals surface area contributed by atoms with Gasteiger partial charge < -0.3 is 10.2 Å². The van der Waals surface area contributed by atoms with Crippen molar-refractivity contribution in [1.29, 1.82) is 0 Å². The van der Waals surface area contributed by atoms with Crippen LogP contribution in [-0.4, -0.2) is 22.4 Å². The number of aliphatic hydroxyl groups is 2. The first kappa shape index (κ1) is 11.7. The van der Waals surface area contributed by atoms with Crippen molar-refractivity contribution in [2.24, 2.45) is 11.8 Å². The Morgan fingerprint density at radius 2 is 1.00 bits per heavy atom. The Balaban J connectivity index is 3.89. The molecule has 0 aliphatic carbocycles. The van der Waals surface area contributed by atoms with E-state index in [0.29, 0.717) is 0 Å². The third-order valence-electron chi connectivity index (χ3n) is 1.87. The van der Waals surface area contributed by atoms with Gasteiger partial charge in [-0.3, -0.25) is 0 Å². The number of hydrogen-bond donors (Lipinski definition) is 2. The summed E-state index contributed by atoms with van der Waals surface area (Å²) in [6.07, 6.45) is 2.43. The molecule has 2 N–H and O–H groups in total. The zero-order valence-electron chi connectivity index (χ0n) is 8.36. The fourth-order valence-corrected chi connectivity index (χ4v) is 0.672. The van der Waals surface area contributed by atoms with Crippen LogP contribution >= 0.6 is 0 Å². The predicted octanol–water partition coefficient (Wildman–Crippen LogP) is 1.58. The summed E-state index contributed by atoms with van der Waals surface area (Å²) in [4.78, 5) is 0. The largest absolute Gasteiger partial charge is 0.389 e. The van der Waals surface area contributed by atoms with Crippen LogP contribution in [0.5, 0.6) is 0 Å². The Bertz CT molecular complexity index is 123. The van der Waals surface area contributed by atoms with Crippen molar-refractivity contribution in [2.45, 2.75) is 39.9 Å². The summed E-state index contributed by atoms with van der Waals surface area (Å²) in [5.74, 6) is 0.418. The molecule has 0 radical (unpaired) electrons. The smallest absolute Gasteiger partial charge is 0.0744 e. The number of hydrogen-bond acceptors (Lipinski definition) is 2. The molecule has 0 saturated carbocycles. The van der Waals surface area contributed by atoms with E-state index in [1.165, 1.54) is 0 Å². The van der Waals surface area contributed by atoms with Gasteiger partial charge in [-0.2, -0.15) is 0 Å². The van der Waals surface area contributed by atoms with E-state index in [0.717, 1.165) is 0 Å². The molecule has 0 aromatic heterocycles. The van der Waals surface area contributed by atoms with Crippen molar-refractivity contribution in [3.63, 3.8) is 0 Å². The SMILES string of the molecule is CC(C)[C@H](O)/C=C\[C@@H](O)C(C)C. The minimum Gasteiger partial charge on any atom is -0.389 e. The van der Waals surface area contributed by atoms with Crippen LogP contribution in [0.2, 0.25) is 0 Å². The van der Waals surface area contributed by atoms with Gasteiger partial charge in [0.25, 0.3) is 0 Å². The third kappa shape index (κ3) is 4.52. The Hall–Kier alpha value is -0.340. The summed E-state index contributed by atoms with van der Waals surface area (Å²) in [5.41, 5.74) is 0. The predicted molar refractivity (Wildman–Crippen MR) is 50.8 cm³/mol. The summed E-state index contributed by atoms with van der Waals surface area (Å²) in [5, 5.41) is 18.7. The second kappa shape index (κ2) is 5.33.